The molecule has 0 radical (unpaired) electrons. The SMILES string of the molecule is CCCNCCNC(=O)c1ccc2c(c1)CCO2. The van der Waals surface area contributed by atoms with Gasteiger partial charge in [-0.2, -0.15) is 0 Å². The van der Waals surface area contributed by atoms with E-state index in [2.05, 4.69) is 17.6 Å². The van der Waals surface area contributed by atoms with Crippen molar-refractivity contribution in [1.29, 1.82) is 0 Å². The second-order valence-corrected chi connectivity index (χ2v) is 4.43. The Morgan fingerprint density at radius 2 is 2.22 bits per heavy atom. The van der Waals surface area contributed by atoms with Crippen molar-refractivity contribution in [3.8, 4) is 5.75 Å². The Morgan fingerprint density at radius 1 is 1.33 bits per heavy atom. The van der Waals surface area contributed by atoms with Crippen LogP contribution >= 0.6 is 0 Å². The highest BCUT2D eigenvalue weighted by Gasteiger charge is 2.14. The van der Waals surface area contributed by atoms with Crippen molar-refractivity contribution in [2.75, 3.05) is 26.2 Å². The van der Waals surface area contributed by atoms with Gasteiger partial charge in [-0.15, -0.1) is 0 Å². The molecule has 1 aliphatic rings. The number of hydrogen-bond donors (Lipinski definition) is 2. The summed E-state index contributed by atoms with van der Waals surface area (Å²) < 4.78 is 5.42. The van der Waals surface area contributed by atoms with Crippen LogP contribution < -0.4 is 15.4 Å². The van der Waals surface area contributed by atoms with Crippen LogP contribution in [-0.2, 0) is 6.42 Å². The fourth-order valence-corrected chi connectivity index (χ4v) is 2.00. The molecule has 0 aliphatic carbocycles. The minimum atomic E-state index is -0.0111. The quantitative estimate of drug-likeness (QED) is 0.747. The first-order valence-electron chi connectivity index (χ1n) is 6.56. The molecule has 1 amide bonds. The van der Waals surface area contributed by atoms with Gasteiger partial charge in [-0.1, -0.05) is 6.92 Å². The summed E-state index contributed by atoms with van der Waals surface area (Å²) in [5.41, 5.74) is 1.85. The minimum Gasteiger partial charge on any atom is -0.493 e. The lowest BCUT2D eigenvalue weighted by Gasteiger charge is -2.07. The lowest BCUT2D eigenvalue weighted by molar-refractivity contribution is 0.0954. The van der Waals surface area contributed by atoms with Gasteiger partial charge in [0.1, 0.15) is 5.75 Å². The first kappa shape index (κ1) is 12.9. The van der Waals surface area contributed by atoms with Gasteiger partial charge in [0, 0.05) is 25.1 Å². The third kappa shape index (κ3) is 3.23. The van der Waals surface area contributed by atoms with Crippen LogP contribution in [-0.4, -0.2) is 32.1 Å². The highest BCUT2D eigenvalue weighted by atomic mass is 16.5. The first-order valence-corrected chi connectivity index (χ1v) is 6.56. The maximum Gasteiger partial charge on any atom is 0.251 e. The zero-order valence-electron chi connectivity index (χ0n) is 10.8. The van der Waals surface area contributed by atoms with Gasteiger partial charge in [-0.05, 0) is 36.7 Å². The van der Waals surface area contributed by atoms with Crippen molar-refractivity contribution < 1.29 is 9.53 Å². The molecule has 4 heteroatoms. The van der Waals surface area contributed by atoms with E-state index in [0.29, 0.717) is 6.54 Å². The molecule has 18 heavy (non-hydrogen) atoms. The monoisotopic (exact) mass is 248 g/mol. The molecule has 0 unspecified atom stereocenters. The summed E-state index contributed by atoms with van der Waals surface area (Å²) in [6, 6.07) is 5.63. The Hall–Kier alpha value is -1.55. The molecule has 2 N–H and O–H groups in total. The Bertz CT molecular complexity index is 418. The summed E-state index contributed by atoms with van der Waals surface area (Å²) in [4.78, 5) is 11.9. The summed E-state index contributed by atoms with van der Waals surface area (Å²) in [5.74, 6) is 0.902. The fraction of sp³-hybridized carbons (Fsp3) is 0.500. The van der Waals surface area contributed by atoms with Gasteiger partial charge < -0.3 is 15.4 Å². The van der Waals surface area contributed by atoms with Crippen LogP contribution in [0, 0.1) is 0 Å². The summed E-state index contributed by atoms with van der Waals surface area (Å²) >= 11 is 0. The number of amides is 1. The van der Waals surface area contributed by atoms with Crippen LogP contribution in [0.1, 0.15) is 29.3 Å². The zero-order chi connectivity index (χ0) is 12.8. The highest BCUT2D eigenvalue weighted by Crippen LogP contribution is 2.25. The normalized spacial score (nSPS) is 12.9. The number of carbonyl (C=O) groups excluding carboxylic acids is 1. The third-order valence-corrected chi connectivity index (χ3v) is 2.97. The van der Waals surface area contributed by atoms with E-state index in [0.717, 1.165) is 49.4 Å². The Morgan fingerprint density at radius 3 is 3.06 bits per heavy atom. The van der Waals surface area contributed by atoms with Crippen LogP contribution in [0.5, 0.6) is 5.75 Å². The van der Waals surface area contributed by atoms with Crippen molar-refractivity contribution in [2.24, 2.45) is 0 Å². The summed E-state index contributed by atoms with van der Waals surface area (Å²) in [7, 11) is 0. The first-order chi connectivity index (χ1) is 8.81. The molecule has 1 heterocycles. The van der Waals surface area contributed by atoms with E-state index in [4.69, 9.17) is 4.74 Å². The maximum atomic E-state index is 11.9. The van der Waals surface area contributed by atoms with Crippen LogP contribution in [0.3, 0.4) is 0 Å². The van der Waals surface area contributed by atoms with Crippen LogP contribution in [0.15, 0.2) is 18.2 Å². The number of benzene rings is 1. The molecule has 1 aliphatic heterocycles. The molecule has 0 saturated heterocycles. The number of ether oxygens (including phenoxy) is 1. The number of rotatable bonds is 6. The fourth-order valence-electron chi connectivity index (χ4n) is 2.00. The van der Waals surface area contributed by atoms with Crippen molar-refractivity contribution in [2.45, 2.75) is 19.8 Å². The smallest absolute Gasteiger partial charge is 0.251 e. The highest BCUT2D eigenvalue weighted by molar-refractivity contribution is 5.94. The van der Waals surface area contributed by atoms with Crippen LogP contribution in [0.2, 0.25) is 0 Å². The standard InChI is InChI=1S/C14H20N2O2/c1-2-6-15-7-8-16-14(17)12-3-4-13-11(10-12)5-9-18-13/h3-4,10,15H,2,5-9H2,1H3,(H,16,17). The van der Waals surface area contributed by atoms with Gasteiger partial charge >= 0.3 is 0 Å². The molecule has 0 atom stereocenters. The van der Waals surface area contributed by atoms with E-state index in [1.165, 1.54) is 0 Å². The molecule has 98 valence electrons. The Kier molecular flexibility index (Phi) is 4.59. The lowest BCUT2D eigenvalue weighted by Crippen LogP contribution is -2.32. The van der Waals surface area contributed by atoms with Crippen molar-refractivity contribution in [3.05, 3.63) is 29.3 Å². The van der Waals surface area contributed by atoms with Crippen molar-refractivity contribution >= 4 is 5.91 Å². The molecule has 2 rings (SSSR count). The van der Waals surface area contributed by atoms with Gasteiger partial charge in [-0.25, -0.2) is 0 Å². The summed E-state index contributed by atoms with van der Waals surface area (Å²) in [5, 5.41) is 6.16. The van der Waals surface area contributed by atoms with E-state index in [1.54, 1.807) is 0 Å². The Balaban J connectivity index is 1.82. The number of hydrogen-bond acceptors (Lipinski definition) is 3. The van der Waals surface area contributed by atoms with Gasteiger partial charge in [0.05, 0.1) is 6.61 Å². The van der Waals surface area contributed by atoms with Crippen LogP contribution in [0.4, 0.5) is 0 Å². The molecule has 1 aromatic carbocycles. The van der Waals surface area contributed by atoms with Gasteiger partial charge in [0.25, 0.3) is 5.91 Å². The number of nitrogens with one attached hydrogen (secondary N) is 2. The average Bonchev–Trinajstić information content (AvgIpc) is 2.85. The largest absolute Gasteiger partial charge is 0.493 e. The lowest BCUT2D eigenvalue weighted by atomic mass is 10.1. The minimum absolute atomic E-state index is 0.0111. The average molecular weight is 248 g/mol. The van der Waals surface area contributed by atoms with Gasteiger partial charge in [-0.3, -0.25) is 4.79 Å². The number of carbonyl (C=O) groups is 1. The second-order valence-electron chi connectivity index (χ2n) is 4.43. The van der Waals surface area contributed by atoms with Gasteiger partial charge in [0.2, 0.25) is 0 Å². The predicted octanol–water partition coefficient (Wildman–Crippen LogP) is 1.35. The second kappa shape index (κ2) is 6.40. The topological polar surface area (TPSA) is 50.4 Å². The van der Waals surface area contributed by atoms with E-state index in [9.17, 15) is 4.79 Å². The molecule has 0 aromatic heterocycles. The van der Waals surface area contributed by atoms with E-state index >= 15 is 0 Å². The molecule has 0 bridgehead atoms. The molecule has 4 nitrogen and oxygen atoms in total. The van der Waals surface area contributed by atoms with Crippen molar-refractivity contribution in [3.63, 3.8) is 0 Å². The van der Waals surface area contributed by atoms with E-state index in [-0.39, 0.29) is 5.91 Å². The maximum absolute atomic E-state index is 11.9. The molecule has 0 spiro atoms. The molecule has 1 aromatic rings. The summed E-state index contributed by atoms with van der Waals surface area (Å²) in [6.45, 7) is 5.31. The molecular weight excluding hydrogens is 228 g/mol. The van der Waals surface area contributed by atoms with Crippen molar-refractivity contribution in [1.82, 2.24) is 10.6 Å². The van der Waals surface area contributed by atoms with E-state index < -0.39 is 0 Å². The van der Waals surface area contributed by atoms with E-state index in [1.807, 2.05) is 18.2 Å². The number of fused-ring (bicyclic) bond motifs is 1. The predicted molar refractivity (Wildman–Crippen MR) is 71.1 cm³/mol. The third-order valence-electron chi connectivity index (χ3n) is 2.97. The molecular formula is C14H20N2O2. The Labute approximate surface area is 108 Å². The van der Waals surface area contributed by atoms with Gasteiger partial charge in [0.15, 0.2) is 0 Å². The molecule has 0 saturated carbocycles. The molecule has 0 fully saturated rings. The van der Waals surface area contributed by atoms with Crippen LogP contribution in [0.25, 0.3) is 0 Å². The summed E-state index contributed by atoms with van der Waals surface area (Å²) in [6.07, 6.45) is 2.01. The zero-order valence-corrected chi connectivity index (χ0v) is 10.8.